The van der Waals surface area contributed by atoms with E-state index in [1.807, 2.05) is 51.1 Å². The zero-order chi connectivity index (χ0) is 13.9. The molecule has 0 spiro atoms. The van der Waals surface area contributed by atoms with Crippen molar-refractivity contribution in [2.24, 2.45) is 0 Å². The maximum atomic E-state index is 9.90. The van der Waals surface area contributed by atoms with E-state index in [9.17, 15) is 5.11 Å². The van der Waals surface area contributed by atoms with Gasteiger partial charge >= 0.3 is 0 Å². The van der Waals surface area contributed by atoms with Crippen LogP contribution in [-0.4, -0.2) is 23.9 Å². The van der Waals surface area contributed by atoms with Crippen LogP contribution in [0.2, 0.25) is 0 Å². The van der Waals surface area contributed by atoms with Gasteiger partial charge in [0.1, 0.15) is 6.61 Å². The molecule has 0 fully saturated rings. The number of phenolic OH excluding ortho intramolecular Hbond substituents is 1. The van der Waals surface area contributed by atoms with E-state index >= 15 is 0 Å². The molecule has 0 unspecified atom stereocenters. The highest BCUT2D eigenvalue weighted by molar-refractivity contribution is 5.85. The minimum absolute atomic E-state index is 0.162. The SMILES string of the molecule is CC(C)(C)OCCOc1cc2ccccc2cc1O. The molecule has 2 aromatic carbocycles. The summed E-state index contributed by atoms with van der Waals surface area (Å²) in [5.41, 5.74) is -0.172. The Kier molecular flexibility index (Phi) is 3.96. The molecule has 0 aliphatic carbocycles. The molecule has 1 N–H and O–H groups in total. The Hall–Kier alpha value is -1.74. The average molecular weight is 260 g/mol. The van der Waals surface area contributed by atoms with Crippen LogP contribution in [-0.2, 0) is 4.74 Å². The Bertz CT molecular complexity index is 555. The fourth-order valence-corrected chi connectivity index (χ4v) is 1.82. The van der Waals surface area contributed by atoms with Gasteiger partial charge in [0.15, 0.2) is 11.5 Å². The molecule has 3 nitrogen and oxygen atoms in total. The van der Waals surface area contributed by atoms with Crippen LogP contribution < -0.4 is 4.74 Å². The molecule has 0 saturated heterocycles. The number of hydrogen-bond donors (Lipinski definition) is 1. The first-order valence-electron chi connectivity index (χ1n) is 6.44. The average Bonchev–Trinajstić information content (AvgIpc) is 2.33. The van der Waals surface area contributed by atoms with E-state index in [0.29, 0.717) is 19.0 Å². The lowest BCUT2D eigenvalue weighted by molar-refractivity contribution is -0.0165. The number of fused-ring (bicyclic) bond motifs is 1. The summed E-state index contributed by atoms with van der Waals surface area (Å²) in [5.74, 6) is 0.658. The maximum absolute atomic E-state index is 9.90. The summed E-state index contributed by atoms with van der Waals surface area (Å²) >= 11 is 0. The molecule has 0 heterocycles. The summed E-state index contributed by atoms with van der Waals surface area (Å²) in [5, 5.41) is 11.9. The van der Waals surface area contributed by atoms with Gasteiger partial charge in [-0.1, -0.05) is 24.3 Å². The molecule has 19 heavy (non-hydrogen) atoms. The number of ether oxygens (including phenoxy) is 2. The van der Waals surface area contributed by atoms with Crippen LogP contribution in [0.4, 0.5) is 0 Å². The molecule has 3 heteroatoms. The molecule has 0 aromatic heterocycles. The number of aromatic hydroxyl groups is 1. The van der Waals surface area contributed by atoms with Crippen molar-refractivity contribution in [3.63, 3.8) is 0 Å². The highest BCUT2D eigenvalue weighted by Gasteiger charge is 2.10. The number of phenols is 1. The van der Waals surface area contributed by atoms with Crippen LogP contribution in [0.25, 0.3) is 10.8 Å². The van der Waals surface area contributed by atoms with Crippen molar-refractivity contribution >= 4 is 10.8 Å². The van der Waals surface area contributed by atoms with Crippen LogP contribution >= 0.6 is 0 Å². The Morgan fingerprint density at radius 2 is 1.63 bits per heavy atom. The molecule has 2 rings (SSSR count). The highest BCUT2D eigenvalue weighted by Crippen LogP contribution is 2.31. The van der Waals surface area contributed by atoms with Crippen molar-refractivity contribution in [2.75, 3.05) is 13.2 Å². The van der Waals surface area contributed by atoms with E-state index in [2.05, 4.69) is 0 Å². The molecule has 102 valence electrons. The largest absolute Gasteiger partial charge is 0.504 e. The molecule has 0 bridgehead atoms. The van der Waals surface area contributed by atoms with Gasteiger partial charge in [-0.3, -0.25) is 0 Å². The number of hydrogen-bond acceptors (Lipinski definition) is 3. The van der Waals surface area contributed by atoms with Crippen LogP contribution in [0, 0.1) is 0 Å². The smallest absolute Gasteiger partial charge is 0.161 e. The third kappa shape index (κ3) is 3.86. The van der Waals surface area contributed by atoms with Gasteiger partial charge in [-0.25, -0.2) is 0 Å². The summed E-state index contributed by atoms with van der Waals surface area (Å²) in [6.07, 6.45) is 0. The highest BCUT2D eigenvalue weighted by atomic mass is 16.5. The second kappa shape index (κ2) is 5.49. The van der Waals surface area contributed by atoms with Crippen LogP contribution in [0.1, 0.15) is 20.8 Å². The van der Waals surface area contributed by atoms with Crippen molar-refractivity contribution in [1.29, 1.82) is 0 Å². The molecular formula is C16H20O3. The lowest BCUT2D eigenvalue weighted by Crippen LogP contribution is -2.22. The van der Waals surface area contributed by atoms with Gasteiger partial charge in [-0.15, -0.1) is 0 Å². The monoisotopic (exact) mass is 260 g/mol. The van der Waals surface area contributed by atoms with Gasteiger partial charge in [0.25, 0.3) is 0 Å². The number of benzene rings is 2. The van der Waals surface area contributed by atoms with Gasteiger partial charge in [0.05, 0.1) is 12.2 Å². The quantitative estimate of drug-likeness (QED) is 0.851. The fraction of sp³-hybridized carbons (Fsp3) is 0.375. The van der Waals surface area contributed by atoms with Crippen LogP contribution in [0.5, 0.6) is 11.5 Å². The van der Waals surface area contributed by atoms with Gasteiger partial charge in [-0.05, 0) is 43.7 Å². The Labute approximate surface area is 113 Å². The molecule has 0 aliphatic rings. The van der Waals surface area contributed by atoms with E-state index < -0.39 is 0 Å². The zero-order valence-corrected chi connectivity index (χ0v) is 11.6. The van der Waals surface area contributed by atoms with Gasteiger partial charge < -0.3 is 14.6 Å². The minimum Gasteiger partial charge on any atom is -0.504 e. The van der Waals surface area contributed by atoms with Gasteiger partial charge in [0, 0.05) is 0 Å². The standard InChI is InChI=1S/C16H20O3/c1-16(2,3)19-9-8-18-15-11-13-7-5-4-6-12(13)10-14(15)17/h4-7,10-11,17H,8-9H2,1-3H3. The molecule has 0 atom stereocenters. The summed E-state index contributed by atoms with van der Waals surface area (Å²) in [4.78, 5) is 0. The van der Waals surface area contributed by atoms with E-state index in [-0.39, 0.29) is 11.4 Å². The topological polar surface area (TPSA) is 38.7 Å². The Morgan fingerprint density at radius 1 is 1.00 bits per heavy atom. The van der Waals surface area contributed by atoms with Crippen molar-refractivity contribution in [3.8, 4) is 11.5 Å². The fourth-order valence-electron chi connectivity index (χ4n) is 1.82. The Morgan fingerprint density at radius 3 is 2.26 bits per heavy atom. The van der Waals surface area contributed by atoms with Gasteiger partial charge in [0.2, 0.25) is 0 Å². The summed E-state index contributed by atoms with van der Waals surface area (Å²) in [6.45, 7) is 6.92. The van der Waals surface area contributed by atoms with Crippen molar-refractivity contribution in [2.45, 2.75) is 26.4 Å². The van der Waals surface area contributed by atoms with E-state index in [0.717, 1.165) is 10.8 Å². The van der Waals surface area contributed by atoms with E-state index in [1.54, 1.807) is 6.07 Å². The zero-order valence-electron chi connectivity index (χ0n) is 11.6. The lowest BCUT2D eigenvalue weighted by Gasteiger charge is -2.19. The normalized spacial score (nSPS) is 11.7. The van der Waals surface area contributed by atoms with Crippen molar-refractivity contribution in [1.82, 2.24) is 0 Å². The minimum atomic E-state index is -0.172. The molecular weight excluding hydrogens is 240 g/mol. The van der Waals surface area contributed by atoms with Crippen LogP contribution in [0.3, 0.4) is 0 Å². The van der Waals surface area contributed by atoms with E-state index in [4.69, 9.17) is 9.47 Å². The first kappa shape index (κ1) is 13.7. The Balaban J connectivity index is 2.02. The summed E-state index contributed by atoms with van der Waals surface area (Å²) < 4.78 is 11.1. The van der Waals surface area contributed by atoms with Gasteiger partial charge in [-0.2, -0.15) is 0 Å². The third-order valence-corrected chi connectivity index (χ3v) is 2.70. The molecule has 0 radical (unpaired) electrons. The third-order valence-electron chi connectivity index (χ3n) is 2.70. The first-order chi connectivity index (χ1) is 8.96. The van der Waals surface area contributed by atoms with E-state index in [1.165, 1.54) is 0 Å². The summed E-state index contributed by atoms with van der Waals surface area (Å²) in [6, 6.07) is 11.4. The molecule has 0 amide bonds. The lowest BCUT2D eigenvalue weighted by atomic mass is 10.1. The summed E-state index contributed by atoms with van der Waals surface area (Å²) in [7, 11) is 0. The van der Waals surface area contributed by atoms with Crippen molar-refractivity contribution in [3.05, 3.63) is 36.4 Å². The second-order valence-electron chi connectivity index (χ2n) is 5.48. The predicted molar refractivity (Wildman–Crippen MR) is 76.8 cm³/mol. The predicted octanol–water partition coefficient (Wildman–Crippen LogP) is 3.74. The molecule has 2 aromatic rings. The van der Waals surface area contributed by atoms with Crippen LogP contribution in [0.15, 0.2) is 36.4 Å². The molecule has 0 saturated carbocycles. The number of rotatable bonds is 4. The van der Waals surface area contributed by atoms with Crippen molar-refractivity contribution < 1.29 is 14.6 Å². The maximum Gasteiger partial charge on any atom is 0.161 e. The second-order valence-corrected chi connectivity index (χ2v) is 5.48. The molecule has 0 aliphatic heterocycles. The first-order valence-corrected chi connectivity index (χ1v) is 6.44.